The second kappa shape index (κ2) is 6.18. The van der Waals surface area contributed by atoms with Crippen molar-refractivity contribution in [3.8, 4) is 0 Å². The zero-order valence-corrected chi connectivity index (χ0v) is 13.7. The van der Waals surface area contributed by atoms with Crippen LogP contribution in [-0.4, -0.2) is 33.3 Å². The molecule has 23 heavy (non-hydrogen) atoms. The van der Waals surface area contributed by atoms with Crippen LogP contribution in [0.1, 0.15) is 48.3 Å². The Morgan fingerprint density at radius 2 is 2.00 bits per heavy atom. The molecule has 2 N–H and O–H groups in total. The number of nitrogens with one attached hydrogen (secondary N) is 2. The minimum Gasteiger partial charge on any atom is -0.364 e. The monoisotopic (exact) mass is 312 g/mol. The summed E-state index contributed by atoms with van der Waals surface area (Å²) in [5.74, 6) is 1.76. The third-order valence-corrected chi connectivity index (χ3v) is 4.81. The van der Waals surface area contributed by atoms with Crippen molar-refractivity contribution in [2.75, 3.05) is 23.3 Å². The molecule has 6 nitrogen and oxygen atoms in total. The molecule has 0 unspecified atom stereocenters. The van der Waals surface area contributed by atoms with Crippen LogP contribution in [0.2, 0.25) is 0 Å². The first-order valence-electron chi connectivity index (χ1n) is 8.69. The van der Waals surface area contributed by atoms with Crippen molar-refractivity contribution in [2.24, 2.45) is 0 Å². The quantitative estimate of drug-likeness (QED) is 0.908. The van der Waals surface area contributed by atoms with E-state index >= 15 is 0 Å². The molecule has 2 aliphatic rings. The molecule has 3 heterocycles. The van der Waals surface area contributed by atoms with Crippen LogP contribution in [0.15, 0.2) is 6.07 Å². The summed E-state index contributed by atoms with van der Waals surface area (Å²) in [4.78, 5) is 11.6. The molecule has 0 radical (unpaired) electrons. The van der Waals surface area contributed by atoms with E-state index in [0.29, 0.717) is 0 Å². The van der Waals surface area contributed by atoms with Crippen molar-refractivity contribution in [1.29, 1.82) is 0 Å². The molecule has 122 valence electrons. The van der Waals surface area contributed by atoms with Crippen LogP contribution in [-0.2, 0) is 19.4 Å². The Labute approximate surface area is 136 Å². The molecule has 0 saturated carbocycles. The molecule has 1 saturated heterocycles. The van der Waals surface area contributed by atoms with Gasteiger partial charge < -0.3 is 10.2 Å². The summed E-state index contributed by atoms with van der Waals surface area (Å²) in [7, 11) is 0. The first kappa shape index (κ1) is 14.5. The van der Waals surface area contributed by atoms with Crippen LogP contribution in [0.25, 0.3) is 0 Å². The van der Waals surface area contributed by atoms with Crippen molar-refractivity contribution in [2.45, 2.75) is 52.0 Å². The zero-order chi connectivity index (χ0) is 15.6. The van der Waals surface area contributed by atoms with E-state index in [0.717, 1.165) is 55.6 Å². The normalized spacial score (nSPS) is 17.3. The Morgan fingerprint density at radius 1 is 1.13 bits per heavy atom. The maximum atomic E-state index is 4.72. The second-order valence-corrected chi connectivity index (χ2v) is 6.58. The number of aromatic amines is 1. The molecule has 0 atom stereocenters. The fourth-order valence-corrected chi connectivity index (χ4v) is 3.59. The molecular formula is C17H24N6. The molecule has 1 aliphatic heterocycles. The van der Waals surface area contributed by atoms with Gasteiger partial charge in [-0.15, -0.1) is 0 Å². The fraction of sp³-hybridized carbons (Fsp3) is 0.588. The number of aryl methyl sites for hydroxylation is 2. The maximum absolute atomic E-state index is 4.72. The average molecular weight is 312 g/mol. The fourth-order valence-electron chi connectivity index (χ4n) is 3.59. The Kier molecular flexibility index (Phi) is 3.89. The van der Waals surface area contributed by atoms with Crippen LogP contribution in [0, 0.1) is 6.92 Å². The summed E-state index contributed by atoms with van der Waals surface area (Å²) < 4.78 is 0. The van der Waals surface area contributed by atoms with Crippen LogP contribution < -0.4 is 10.2 Å². The molecule has 2 aromatic rings. The number of hydrogen-bond acceptors (Lipinski definition) is 5. The number of hydrogen-bond donors (Lipinski definition) is 2. The molecule has 0 bridgehead atoms. The lowest BCUT2D eigenvalue weighted by molar-refractivity contribution is 0.568. The van der Waals surface area contributed by atoms with Crippen molar-refractivity contribution < 1.29 is 0 Å². The topological polar surface area (TPSA) is 69.7 Å². The molecular weight excluding hydrogens is 288 g/mol. The first-order valence-corrected chi connectivity index (χ1v) is 8.69. The number of H-pyrrole nitrogens is 1. The molecule has 4 rings (SSSR count). The summed E-state index contributed by atoms with van der Waals surface area (Å²) in [6.45, 7) is 4.89. The van der Waals surface area contributed by atoms with E-state index in [-0.39, 0.29) is 0 Å². The summed E-state index contributed by atoms with van der Waals surface area (Å²) in [5, 5.41) is 11.0. The summed E-state index contributed by atoms with van der Waals surface area (Å²) in [5.41, 5.74) is 4.86. The maximum Gasteiger partial charge on any atom is 0.227 e. The van der Waals surface area contributed by atoms with Crippen LogP contribution in [0.5, 0.6) is 0 Å². The Morgan fingerprint density at radius 3 is 2.87 bits per heavy atom. The number of rotatable bonds is 4. The van der Waals surface area contributed by atoms with Crippen LogP contribution in [0.4, 0.5) is 11.8 Å². The summed E-state index contributed by atoms with van der Waals surface area (Å²) in [6, 6.07) is 2.01. The zero-order valence-electron chi connectivity index (χ0n) is 13.7. The van der Waals surface area contributed by atoms with Gasteiger partial charge in [0.2, 0.25) is 5.95 Å². The highest BCUT2D eigenvalue weighted by atomic mass is 15.3. The third-order valence-electron chi connectivity index (χ3n) is 4.81. The molecule has 0 amide bonds. The highest BCUT2D eigenvalue weighted by Crippen LogP contribution is 2.24. The lowest BCUT2D eigenvalue weighted by atomic mass is 10.1. The molecule has 0 spiro atoms. The lowest BCUT2D eigenvalue weighted by Crippen LogP contribution is -2.31. The van der Waals surface area contributed by atoms with Gasteiger partial charge >= 0.3 is 0 Å². The van der Waals surface area contributed by atoms with E-state index < -0.39 is 0 Å². The predicted molar refractivity (Wildman–Crippen MR) is 90.8 cm³/mol. The largest absolute Gasteiger partial charge is 0.364 e. The Balaban J connectivity index is 1.48. The van der Waals surface area contributed by atoms with E-state index in [1.54, 1.807) is 0 Å². The number of fused-ring (bicyclic) bond motifs is 1. The van der Waals surface area contributed by atoms with E-state index in [1.165, 1.54) is 36.9 Å². The second-order valence-electron chi connectivity index (χ2n) is 6.58. The molecule has 0 aromatic carbocycles. The lowest BCUT2D eigenvalue weighted by Gasteiger charge is -2.27. The van der Waals surface area contributed by atoms with Gasteiger partial charge in [-0.05, 0) is 51.0 Å². The molecule has 1 fully saturated rings. The minimum absolute atomic E-state index is 0.724. The summed E-state index contributed by atoms with van der Waals surface area (Å²) >= 11 is 0. The highest BCUT2D eigenvalue weighted by Gasteiger charge is 2.18. The smallest absolute Gasteiger partial charge is 0.227 e. The van der Waals surface area contributed by atoms with Gasteiger partial charge in [0.1, 0.15) is 5.82 Å². The van der Waals surface area contributed by atoms with E-state index in [4.69, 9.17) is 4.98 Å². The third kappa shape index (κ3) is 3.02. The van der Waals surface area contributed by atoms with Crippen LogP contribution in [0.3, 0.4) is 0 Å². The van der Waals surface area contributed by atoms with Crippen molar-refractivity contribution in [3.05, 3.63) is 28.7 Å². The number of piperidine rings is 1. The van der Waals surface area contributed by atoms with Gasteiger partial charge in [-0.25, -0.2) is 4.98 Å². The van der Waals surface area contributed by atoms with Crippen molar-refractivity contribution >= 4 is 11.8 Å². The van der Waals surface area contributed by atoms with Gasteiger partial charge in [0.15, 0.2) is 0 Å². The van der Waals surface area contributed by atoms with E-state index in [2.05, 4.69) is 25.4 Å². The number of anilines is 2. The van der Waals surface area contributed by atoms with E-state index in [9.17, 15) is 0 Å². The highest BCUT2D eigenvalue weighted by molar-refractivity contribution is 5.44. The van der Waals surface area contributed by atoms with Gasteiger partial charge in [0.05, 0.1) is 12.2 Å². The Hall–Kier alpha value is -2.11. The Bertz CT molecular complexity index is 686. The minimum atomic E-state index is 0.724. The molecule has 1 aliphatic carbocycles. The van der Waals surface area contributed by atoms with Gasteiger partial charge in [0, 0.05) is 30.5 Å². The molecule has 6 heteroatoms. The van der Waals surface area contributed by atoms with Crippen molar-refractivity contribution in [3.63, 3.8) is 0 Å². The average Bonchev–Trinajstić information content (AvgIpc) is 3.17. The number of nitrogens with zero attached hydrogens (tertiary/aromatic N) is 4. The van der Waals surface area contributed by atoms with Gasteiger partial charge in [-0.3, -0.25) is 5.10 Å². The number of aromatic nitrogens is 4. The van der Waals surface area contributed by atoms with Gasteiger partial charge in [0.25, 0.3) is 0 Å². The SMILES string of the molecule is Cc1cc(NCc2n[nH]c3c2CCC3)nc(N2CCCCC2)n1. The van der Waals surface area contributed by atoms with E-state index in [1.807, 2.05) is 13.0 Å². The van der Waals surface area contributed by atoms with Crippen LogP contribution >= 0.6 is 0 Å². The van der Waals surface area contributed by atoms with Gasteiger partial charge in [-0.2, -0.15) is 10.1 Å². The molecule has 2 aromatic heterocycles. The van der Waals surface area contributed by atoms with Gasteiger partial charge in [-0.1, -0.05) is 0 Å². The summed E-state index contributed by atoms with van der Waals surface area (Å²) in [6.07, 6.45) is 7.30. The van der Waals surface area contributed by atoms with Crippen molar-refractivity contribution in [1.82, 2.24) is 20.2 Å². The predicted octanol–water partition coefficient (Wildman–Crippen LogP) is 2.60. The standard InChI is InChI=1S/C17H24N6/c1-12-10-16(20-17(19-12)23-8-3-2-4-9-23)18-11-15-13-6-5-7-14(13)21-22-15/h10H,2-9,11H2,1H3,(H,21,22)(H,18,19,20). The first-order chi connectivity index (χ1) is 11.3.